The summed E-state index contributed by atoms with van der Waals surface area (Å²) in [5.74, 6) is 2.23. The van der Waals surface area contributed by atoms with Gasteiger partial charge in [-0.05, 0) is 43.6 Å². The molecule has 0 aromatic rings. The van der Waals surface area contributed by atoms with Crippen LogP contribution in [0.2, 0.25) is 0 Å². The van der Waals surface area contributed by atoms with Gasteiger partial charge in [-0.1, -0.05) is 47.5 Å². The first-order valence-corrected chi connectivity index (χ1v) is 12.1. The first-order chi connectivity index (χ1) is 11.6. The van der Waals surface area contributed by atoms with Crippen molar-refractivity contribution >= 4 is 43.5 Å². The minimum absolute atomic E-state index is 0.108. The topological polar surface area (TPSA) is 27.7 Å². The molecule has 3 unspecified atom stereocenters. The van der Waals surface area contributed by atoms with E-state index in [-0.39, 0.29) is 16.3 Å². The van der Waals surface area contributed by atoms with Crippen molar-refractivity contribution in [3.05, 3.63) is 0 Å². The van der Waals surface area contributed by atoms with E-state index < -0.39 is 7.32 Å². The molecule has 24 heavy (non-hydrogen) atoms. The molecule has 0 rings (SSSR count). The van der Waals surface area contributed by atoms with Crippen molar-refractivity contribution in [2.75, 3.05) is 11.5 Å². The average Bonchev–Trinajstić information content (AvgIpc) is 2.59. The van der Waals surface area contributed by atoms with Crippen LogP contribution in [0.15, 0.2) is 0 Å². The Hall–Kier alpha value is 0.995. The Morgan fingerprint density at radius 3 is 1.54 bits per heavy atom. The van der Waals surface area contributed by atoms with E-state index in [2.05, 4.69) is 47.2 Å². The molecular formula is C17H37BO3S3. The normalized spacial score (nSPS) is 15.2. The number of hydrogen-bond donors (Lipinski definition) is 1. The summed E-state index contributed by atoms with van der Waals surface area (Å²) < 4.78 is 18.1. The lowest BCUT2D eigenvalue weighted by atomic mass is 10.2. The van der Waals surface area contributed by atoms with Gasteiger partial charge in [0.25, 0.3) is 0 Å². The molecule has 0 aromatic carbocycles. The SMILES string of the molecule is CCCCSC(CC)OB(OC(S)CC)OC(CC)SCCCC. The van der Waals surface area contributed by atoms with E-state index in [1.807, 2.05) is 23.5 Å². The van der Waals surface area contributed by atoms with Crippen LogP contribution in [0.25, 0.3) is 0 Å². The van der Waals surface area contributed by atoms with Gasteiger partial charge in [0.15, 0.2) is 0 Å². The van der Waals surface area contributed by atoms with Gasteiger partial charge in [-0.3, -0.25) is 0 Å². The van der Waals surface area contributed by atoms with Gasteiger partial charge in [0.1, 0.15) is 0 Å². The fourth-order valence-electron chi connectivity index (χ4n) is 1.79. The largest absolute Gasteiger partial charge is 0.641 e. The fourth-order valence-corrected chi connectivity index (χ4v) is 4.14. The molecule has 3 nitrogen and oxygen atoms in total. The summed E-state index contributed by atoms with van der Waals surface area (Å²) in [5, 5.41) is 0. The van der Waals surface area contributed by atoms with E-state index in [0.717, 1.165) is 30.8 Å². The molecule has 0 aliphatic heterocycles. The first kappa shape index (κ1) is 25.0. The van der Waals surface area contributed by atoms with E-state index in [4.69, 9.17) is 14.0 Å². The minimum atomic E-state index is -0.634. The van der Waals surface area contributed by atoms with Crippen LogP contribution in [0.4, 0.5) is 0 Å². The molecule has 0 saturated carbocycles. The third-order valence-corrected chi connectivity index (χ3v) is 6.58. The van der Waals surface area contributed by atoms with Crippen molar-refractivity contribution in [3.63, 3.8) is 0 Å². The Bertz CT molecular complexity index is 255. The standard InChI is InChI=1S/C17H37BO3S3/c1-6-11-13-23-16(9-4)20-18(19-15(22)8-3)21-17(10-5)24-14-12-7-2/h15-17,22H,6-14H2,1-5H3. The molecule has 0 aliphatic carbocycles. The molecule has 0 aromatic heterocycles. The Kier molecular flexibility index (Phi) is 18.1. The van der Waals surface area contributed by atoms with Crippen LogP contribution in [-0.4, -0.2) is 35.1 Å². The molecule has 144 valence electrons. The number of thioether (sulfide) groups is 2. The van der Waals surface area contributed by atoms with Crippen LogP contribution < -0.4 is 0 Å². The van der Waals surface area contributed by atoms with Gasteiger partial charge in [-0.2, -0.15) is 0 Å². The van der Waals surface area contributed by atoms with Gasteiger partial charge in [0.2, 0.25) is 0 Å². The maximum Gasteiger partial charge on any atom is 0.641 e. The predicted octanol–water partition coefficient (Wildman–Crippen LogP) is 6.23. The maximum absolute atomic E-state index is 6.11. The zero-order chi connectivity index (χ0) is 18.2. The Morgan fingerprint density at radius 1 is 0.750 bits per heavy atom. The average molecular weight is 396 g/mol. The molecule has 7 heteroatoms. The summed E-state index contributed by atoms with van der Waals surface area (Å²) in [6.07, 6.45) is 7.56. The van der Waals surface area contributed by atoms with Crippen LogP contribution >= 0.6 is 36.2 Å². The predicted molar refractivity (Wildman–Crippen MR) is 115 cm³/mol. The molecule has 0 radical (unpaired) electrons. The third-order valence-electron chi connectivity index (χ3n) is 3.41. The van der Waals surface area contributed by atoms with E-state index in [1.54, 1.807) is 0 Å². The summed E-state index contributed by atoms with van der Waals surface area (Å²) in [7, 11) is -0.634. The lowest BCUT2D eigenvalue weighted by Crippen LogP contribution is -2.36. The molecule has 0 aliphatic rings. The monoisotopic (exact) mass is 396 g/mol. The summed E-state index contributed by atoms with van der Waals surface area (Å²) in [4.78, 5) is 0. The highest BCUT2D eigenvalue weighted by molar-refractivity contribution is 8.00. The Morgan fingerprint density at radius 2 is 1.21 bits per heavy atom. The molecule has 0 N–H and O–H groups in total. The van der Waals surface area contributed by atoms with Crippen LogP contribution in [0.3, 0.4) is 0 Å². The summed E-state index contributed by atoms with van der Waals surface area (Å²) in [6, 6.07) is 0. The Balaban J connectivity index is 4.56. The molecule has 0 bridgehead atoms. The summed E-state index contributed by atoms with van der Waals surface area (Å²) in [6.45, 7) is 10.8. The molecule has 3 atom stereocenters. The lowest BCUT2D eigenvalue weighted by Gasteiger charge is -2.26. The quantitative estimate of drug-likeness (QED) is 0.136. The van der Waals surface area contributed by atoms with Gasteiger partial charge < -0.3 is 14.0 Å². The van der Waals surface area contributed by atoms with Crippen LogP contribution in [0.1, 0.15) is 79.6 Å². The van der Waals surface area contributed by atoms with Gasteiger partial charge in [0, 0.05) is 0 Å². The van der Waals surface area contributed by atoms with Crippen molar-refractivity contribution in [1.82, 2.24) is 0 Å². The van der Waals surface area contributed by atoms with Gasteiger partial charge in [-0.15, -0.1) is 36.2 Å². The smallest absolute Gasteiger partial charge is 0.374 e. The highest BCUT2D eigenvalue weighted by Crippen LogP contribution is 2.24. The van der Waals surface area contributed by atoms with Crippen molar-refractivity contribution < 1.29 is 14.0 Å². The van der Waals surface area contributed by atoms with Crippen molar-refractivity contribution in [1.29, 1.82) is 0 Å². The second kappa shape index (κ2) is 17.4. The molecular weight excluding hydrogens is 359 g/mol. The van der Waals surface area contributed by atoms with Crippen molar-refractivity contribution in [3.8, 4) is 0 Å². The van der Waals surface area contributed by atoms with E-state index >= 15 is 0 Å². The molecule has 0 saturated heterocycles. The zero-order valence-corrected chi connectivity index (χ0v) is 18.7. The fraction of sp³-hybridized carbons (Fsp3) is 1.00. The first-order valence-electron chi connectivity index (χ1n) is 9.48. The number of hydrogen-bond acceptors (Lipinski definition) is 6. The highest BCUT2D eigenvalue weighted by Gasteiger charge is 2.30. The maximum atomic E-state index is 6.11. The van der Waals surface area contributed by atoms with Crippen LogP contribution in [0, 0.1) is 0 Å². The van der Waals surface area contributed by atoms with Gasteiger partial charge >= 0.3 is 7.32 Å². The van der Waals surface area contributed by atoms with E-state index in [1.165, 1.54) is 25.7 Å². The molecule has 0 heterocycles. The second-order valence-corrected chi connectivity index (χ2v) is 8.79. The molecule has 0 amide bonds. The Labute approximate surface area is 164 Å². The van der Waals surface area contributed by atoms with Crippen LogP contribution in [0.5, 0.6) is 0 Å². The van der Waals surface area contributed by atoms with Gasteiger partial charge in [0.05, 0.1) is 16.3 Å². The number of rotatable bonds is 17. The minimum Gasteiger partial charge on any atom is -0.374 e. The van der Waals surface area contributed by atoms with E-state index in [0.29, 0.717) is 0 Å². The van der Waals surface area contributed by atoms with Crippen molar-refractivity contribution in [2.24, 2.45) is 0 Å². The van der Waals surface area contributed by atoms with Gasteiger partial charge in [-0.25, -0.2) is 0 Å². The summed E-state index contributed by atoms with van der Waals surface area (Å²) >= 11 is 8.15. The van der Waals surface area contributed by atoms with Crippen molar-refractivity contribution in [2.45, 2.75) is 95.9 Å². The number of thiol groups is 1. The summed E-state index contributed by atoms with van der Waals surface area (Å²) in [5.41, 5.74) is 0.0560. The highest BCUT2D eigenvalue weighted by atomic mass is 32.2. The zero-order valence-electron chi connectivity index (χ0n) is 16.2. The number of unbranched alkanes of at least 4 members (excludes halogenated alkanes) is 2. The van der Waals surface area contributed by atoms with Crippen LogP contribution in [-0.2, 0) is 14.0 Å². The second-order valence-electron chi connectivity index (χ2n) is 5.68. The lowest BCUT2D eigenvalue weighted by molar-refractivity contribution is 0.0671. The molecule has 0 spiro atoms. The van der Waals surface area contributed by atoms with E-state index in [9.17, 15) is 0 Å². The molecule has 0 fully saturated rings. The third kappa shape index (κ3) is 13.2.